The molecular formula is C16H22N4O4. The molecule has 2 rings (SSSR count). The first-order valence-corrected chi connectivity index (χ1v) is 7.88. The first kappa shape index (κ1) is 17.6. The van der Waals surface area contributed by atoms with Crippen LogP contribution in [0.4, 0.5) is 5.82 Å². The SMILES string of the molecule is CCOc1cc(CNc2cn[nH]c(=O)n2)cc(OCC)c1OCC. The van der Waals surface area contributed by atoms with Crippen LogP contribution in [-0.4, -0.2) is 35.0 Å². The van der Waals surface area contributed by atoms with Crippen molar-refractivity contribution in [2.75, 3.05) is 25.1 Å². The molecule has 0 saturated carbocycles. The van der Waals surface area contributed by atoms with E-state index >= 15 is 0 Å². The Morgan fingerprint density at radius 2 is 1.67 bits per heavy atom. The van der Waals surface area contributed by atoms with Crippen LogP contribution in [0.3, 0.4) is 0 Å². The second-order valence-electron chi connectivity index (χ2n) is 4.75. The van der Waals surface area contributed by atoms with Gasteiger partial charge in [0.2, 0.25) is 5.75 Å². The Hall–Kier alpha value is -2.77. The van der Waals surface area contributed by atoms with Crippen LogP contribution in [0, 0.1) is 0 Å². The number of aromatic nitrogens is 3. The van der Waals surface area contributed by atoms with Crippen molar-refractivity contribution in [2.24, 2.45) is 0 Å². The zero-order valence-corrected chi connectivity index (χ0v) is 14.1. The van der Waals surface area contributed by atoms with Gasteiger partial charge in [-0.2, -0.15) is 10.1 Å². The number of nitrogens with zero attached hydrogens (tertiary/aromatic N) is 2. The van der Waals surface area contributed by atoms with Crippen molar-refractivity contribution >= 4 is 5.82 Å². The molecule has 0 saturated heterocycles. The third kappa shape index (κ3) is 4.61. The number of aromatic amines is 1. The lowest BCUT2D eigenvalue weighted by Crippen LogP contribution is -2.14. The summed E-state index contributed by atoms with van der Waals surface area (Å²) < 4.78 is 17.0. The number of ether oxygens (including phenoxy) is 3. The van der Waals surface area contributed by atoms with Gasteiger partial charge in [0.05, 0.1) is 26.0 Å². The summed E-state index contributed by atoms with van der Waals surface area (Å²) in [5.74, 6) is 2.24. The van der Waals surface area contributed by atoms with E-state index in [0.29, 0.717) is 49.4 Å². The minimum absolute atomic E-state index is 0.392. The molecule has 0 fully saturated rings. The Balaban J connectivity index is 2.26. The maximum atomic E-state index is 11.2. The van der Waals surface area contributed by atoms with Gasteiger partial charge in [-0.3, -0.25) is 0 Å². The molecule has 0 atom stereocenters. The zero-order valence-electron chi connectivity index (χ0n) is 14.1. The number of nitrogens with one attached hydrogen (secondary N) is 2. The molecule has 2 aromatic rings. The van der Waals surface area contributed by atoms with E-state index in [2.05, 4.69) is 20.5 Å². The summed E-state index contributed by atoms with van der Waals surface area (Å²) in [5.41, 5.74) is 0.407. The van der Waals surface area contributed by atoms with Gasteiger partial charge in [0.1, 0.15) is 0 Å². The molecule has 1 aromatic heterocycles. The van der Waals surface area contributed by atoms with Crippen LogP contribution in [0.25, 0.3) is 0 Å². The van der Waals surface area contributed by atoms with Crippen molar-refractivity contribution in [3.05, 3.63) is 34.4 Å². The fourth-order valence-corrected chi connectivity index (χ4v) is 2.13. The molecule has 0 unspecified atom stereocenters. The van der Waals surface area contributed by atoms with Crippen molar-refractivity contribution in [1.82, 2.24) is 15.2 Å². The molecule has 0 bridgehead atoms. The van der Waals surface area contributed by atoms with Crippen LogP contribution in [0.15, 0.2) is 23.1 Å². The monoisotopic (exact) mass is 334 g/mol. The van der Waals surface area contributed by atoms with E-state index < -0.39 is 5.69 Å². The van der Waals surface area contributed by atoms with Gasteiger partial charge in [0, 0.05) is 6.54 Å². The van der Waals surface area contributed by atoms with Gasteiger partial charge in [0.15, 0.2) is 17.3 Å². The number of H-pyrrole nitrogens is 1. The minimum atomic E-state index is -0.503. The second-order valence-corrected chi connectivity index (χ2v) is 4.75. The summed E-state index contributed by atoms with van der Waals surface area (Å²) in [7, 11) is 0. The summed E-state index contributed by atoms with van der Waals surface area (Å²) in [6.07, 6.45) is 1.45. The summed E-state index contributed by atoms with van der Waals surface area (Å²) in [6.45, 7) is 7.71. The van der Waals surface area contributed by atoms with Crippen LogP contribution in [0.5, 0.6) is 17.2 Å². The van der Waals surface area contributed by atoms with Gasteiger partial charge in [-0.15, -0.1) is 0 Å². The topological polar surface area (TPSA) is 98.4 Å². The Bertz CT molecular complexity index is 690. The highest BCUT2D eigenvalue weighted by Gasteiger charge is 2.15. The van der Waals surface area contributed by atoms with Gasteiger partial charge >= 0.3 is 5.69 Å². The zero-order chi connectivity index (χ0) is 17.4. The molecule has 130 valence electrons. The summed E-state index contributed by atoms with van der Waals surface area (Å²) in [6, 6.07) is 3.76. The average molecular weight is 334 g/mol. The number of anilines is 1. The molecule has 8 heteroatoms. The molecule has 2 N–H and O–H groups in total. The van der Waals surface area contributed by atoms with E-state index in [0.717, 1.165) is 5.56 Å². The second kappa shape index (κ2) is 8.76. The maximum Gasteiger partial charge on any atom is 0.363 e. The maximum absolute atomic E-state index is 11.2. The van der Waals surface area contributed by atoms with E-state index in [9.17, 15) is 4.79 Å². The average Bonchev–Trinajstić information content (AvgIpc) is 2.56. The van der Waals surface area contributed by atoms with E-state index in [1.807, 2.05) is 32.9 Å². The minimum Gasteiger partial charge on any atom is -0.490 e. The van der Waals surface area contributed by atoms with Crippen molar-refractivity contribution in [3.8, 4) is 17.2 Å². The lowest BCUT2D eigenvalue weighted by molar-refractivity contribution is 0.260. The molecule has 1 heterocycles. The van der Waals surface area contributed by atoms with Crippen molar-refractivity contribution in [3.63, 3.8) is 0 Å². The highest BCUT2D eigenvalue weighted by Crippen LogP contribution is 2.39. The van der Waals surface area contributed by atoms with Crippen LogP contribution in [0.2, 0.25) is 0 Å². The molecule has 0 spiro atoms. The first-order chi connectivity index (χ1) is 11.7. The summed E-state index contributed by atoms with van der Waals surface area (Å²) in [5, 5.41) is 8.97. The predicted octanol–water partition coefficient (Wildman–Crippen LogP) is 1.97. The van der Waals surface area contributed by atoms with Gasteiger partial charge in [-0.1, -0.05) is 0 Å². The van der Waals surface area contributed by atoms with Crippen LogP contribution < -0.4 is 25.2 Å². The third-order valence-electron chi connectivity index (χ3n) is 3.01. The normalized spacial score (nSPS) is 10.3. The molecule has 24 heavy (non-hydrogen) atoms. The largest absolute Gasteiger partial charge is 0.490 e. The number of hydrogen-bond donors (Lipinski definition) is 2. The summed E-state index contributed by atoms with van der Waals surface area (Å²) in [4.78, 5) is 15.0. The molecular weight excluding hydrogens is 312 g/mol. The van der Waals surface area contributed by atoms with Gasteiger partial charge in [-0.25, -0.2) is 9.89 Å². The Labute approximate surface area is 140 Å². The smallest absolute Gasteiger partial charge is 0.363 e. The van der Waals surface area contributed by atoms with E-state index in [-0.39, 0.29) is 0 Å². The lowest BCUT2D eigenvalue weighted by Gasteiger charge is -2.17. The van der Waals surface area contributed by atoms with Crippen molar-refractivity contribution in [2.45, 2.75) is 27.3 Å². The van der Waals surface area contributed by atoms with E-state index in [1.54, 1.807) is 0 Å². The van der Waals surface area contributed by atoms with Crippen molar-refractivity contribution in [1.29, 1.82) is 0 Å². The molecule has 0 aliphatic rings. The van der Waals surface area contributed by atoms with E-state index in [4.69, 9.17) is 14.2 Å². The molecule has 0 aliphatic heterocycles. The number of benzene rings is 1. The van der Waals surface area contributed by atoms with Gasteiger partial charge < -0.3 is 19.5 Å². The lowest BCUT2D eigenvalue weighted by atomic mass is 10.1. The quantitative estimate of drug-likeness (QED) is 0.723. The van der Waals surface area contributed by atoms with E-state index in [1.165, 1.54) is 6.20 Å². The van der Waals surface area contributed by atoms with Crippen molar-refractivity contribution < 1.29 is 14.2 Å². The number of hydrogen-bond acceptors (Lipinski definition) is 7. The van der Waals surface area contributed by atoms with Crippen LogP contribution in [-0.2, 0) is 6.54 Å². The number of rotatable bonds is 9. The Morgan fingerprint density at radius 1 is 1.04 bits per heavy atom. The molecule has 0 radical (unpaired) electrons. The standard InChI is InChI=1S/C16H22N4O4/c1-4-22-12-7-11(8-13(23-5-2)15(12)24-6-3)9-17-14-10-18-20-16(21)19-14/h7-8,10H,4-6,9H2,1-3H3,(H2,17,19,20,21). The van der Waals surface area contributed by atoms with Crippen LogP contribution >= 0.6 is 0 Å². The van der Waals surface area contributed by atoms with Crippen LogP contribution in [0.1, 0.15) is 26.3 Å². The fraction of sp³-hybridized carbons (Fsp3) is 0.438. The fourth-order valence-electron chi connectivity index (χ4n) is 2.13. The first-order valence-electron chi connectivity index (χ1n) is 7.88. The Kier molecular flexibility index (Phi) is 6.41. The molecule has 0 amide bonds. The summed E-state index contributed by atoms with van der Waals surface area (Å²) >= 11 is 0. The Morgan fingerprint density at radius 3 is 2.21 bits per heavy atom. The molecule has 1 aromatic carbocycles. The van der Waals surface area contributed by atoms with Gasteiger partial charge in [0.25, 0.3) is 0 Å². The highest BCUT2D eigenvalue weighted by atomic mass is 16.5. The molecule has 0 aliphatic carbocycles. The predicted molar refractivity (Wildman–Crippen MR) is 89.9 cm³/mol. The van der Waals surface area contributed by atoms with Gasteiger partial charge in [-0.05, 0) is 38.5 Å². The third-order valence-corrected chi connectivity index (χ3v) is 3.01. The highest BCUT2D eigenvalue weighted by molar-refractivity contribution is 5.54. The molecule has 8 nitrogen and oxygen atoms in total.